The first kappa shape index (κ1) is 13.2. The molecule has 1 unspecified atom stereocenters. The monoisotopic (exact) mass is 325 g/mol. The molecular formula is C20H23NO3. The third-order valence-corrected chi connectivity index (χ3v) is 9.75. The molecule has 10 atom stereocenters. The van der Waals surface area contributed by atoms with Crippen molar-refractivity contribution in [1.29, 1.82) is 0 Å². The molecule has 6 aliphatic carbocycles. The van der Waals surface area contributed by atoms with Crippen LogP contribution in [0.5, 0.6) is 0 Å². The molecule has 4 nitrogen and oxygen atoms in total. The van der Waals surface area contributed by atoms with Crippen LogP contribution in [0, 0.1) is 39.9 Å². The first-order valence-electron chi connectivity index (χ1n) is 9.50. The van der Waals surface area contributed by atoms with Crippen LogP contribution >= 0.6 is 0 Å². The highest BCUT2D eigenvalue weighted by molar-refractivity contribution is 5.93. The largest absolute Gasteiger partial charge is 0.375 e. The summed E-state index contributed by atoms with van der Waals surface area (Å²) in [5, 5.41) is 11.8. The Balaban J connectivity index is 1.57. The number of nitrogens with zero attached hydrogens (tertiary/aromatic N) is 1. The normalized spacial score (nSPS) is 70.0. The molecule has 9 aliphatic rings. The third kappa shape index (κ3) is 0.893. The maximum absolute atomic E-state index is 13.3. The van der Waals surface area contributed by atoms with Gasteiger partial charge >= 0.3 is 0 Å². The highest BCUT2D eigenvalue weighted by atomic mass is 16.3. The van der Waals surface area contributed by atoms with Gasteiger partial charge in [0.05, 0.1) is 0 Å². The number of piperidine rings is 2. The number of hydrogen-bond donors (Lipinski definition) is 1. The van der Waals surface area contributed by atoms with Crippen molar-refractivity contribution < 1.29 is 14.7 Å². The zero-order valence-corrected chi connectivity index (χ0v) is 14.0. The summed E-state index contributed by atoms with van der Waals surface area (Å²) in [5.41, 5.74) is -0.0122. The van der Waals surface area contributed by atoms with E-state index in [1.807, 2.05) is 0 Å². The molecule has 6 saturated carbocycles. The minimum atomic E-state index is -0.780. The van der Waals surface area contributed by atoms with Gasteiger partial charge in [-0.1, -0.05) is 19.1 Å². The van der Waals surface area contributed by atoms with E-state index in [0.717, 1.165) is 31.4 Å². The van der Waals surface area contributed by atoms with Crippen LogP contribution in [0.1, 0.15) is 39.0 Å². The summed E-state index contributed by atoms with van der Waals surface area (Å²) in [5.74, 6) is 1.45. The average molecular weight is 325 g/mol. The van der Waals surface area contributed by atoms with E-state index in [4.69, 9.17) is 0 Å². The summed E-state index contributed by atoms with van der Waals surface area (Å²) in [6.07, 6.45) is 3.75. The van der Waals surface area contributed by atoms with Crippen molar-refractivity contribution in [2.24, 2.45) is 39.9 Å². The Morgan fingerprint density at radius 3 is 2.83 bits per heavy atom. The van der Waals surface area contributed by atoms with Crippen LogP contribution in [0.4, 0.5) is 0 Å². The van der Waals surface area contributed by atoms with Gasteiger partial charge in [-0.25, -0.2) is 0 Å². The standard InChI is InChI=1S/C20H23NO3/c1-9-4-18-7-20(24)16-17(2)5-10(22)6-19(16)12(18)3-11(9)14(23)13(18)15(19)21(20)8-17/h11-13,15-16,24H,1,3-8H2,2H3/t11-,12+,13+,15+,16+,17-,18+,19-,20+/m0/s1. The molecule has 24 heavy (non-hydrogen) atoms. The van der Waals surface area contributed by atoms with E-state index in [1.54, 1.807) is 0 Å². The van der Waals surface area contributed by atoms with E-state index in [1.165, 1.54) is 0 Å². The fourth-order valence-corrected chi connectivity index (χ4v) is 10.1. The molecule has 2 spiro atoms. The molecule has 9 fully saturated rings. The minimum Gasteiger partial charge on any atom is -0.375 e. The van der Waals surface area contributed by atoms with Crippen molar-refractivity contribution >= 4 is 11.6 Å². The lowest BCUT2D eigenvalue weighted by molar-refractivity contribution is -0.217. The second-order valence-electron chi connectivity index (χ2n) is 10.5. The van der Waals surface area contributed by atoms with Gasteiger partial charge < -0.3 is 5.11 Å². The molecule has 0 aromatic rings. The molecule has 9 bridgehead atoms. The molecule has 0 amide bonds. The van der Waals surface area contributed by atoms with Crippen molar-refractivity contribution in [3.05, 3.63) is 12.2 Å². The summed E-state index contributed by atoms with van der Waals surface area (Å²) < 4.78 is 0. The lowest BCUT2D eigenvalue weighted by atomic mass is 9.40. The van der Waals surface area contributed by atoms with Crippen molar-refractivity contribution in [2.75, 3.05) is 6.54 Å². The molecule has 0 aromatic carbocycles. The summed E-state index contributed by atoms with van der Waals surface area (Å²) in [6, 6.07) is 0.120. The Bertz CT molecular complexity index is 805. The Kier molecular flexibility index (Phi) is 1.71. The van der Waals surface area contributed by atoms with E-state index < -0.39 is 5.72 Å². The maximum atomic E-state index is 13.3. The van der Waals surface area contributed by atoms with Gasteiger partial charge in [-0.2, -0.15) is 0 Å². The number of aliphatic hydroxyl groups is 1. The third-order valence-electron chi connectivity index (χ3n) is 9.75. The van der Waals surface area contributed by atoms with E-state index in [-0.39, 0.29) is 40.0 Å². The first-order valence-corrected chi connectivity index (χ1v) is 9.50. The topological polar surface area (TPSA) is 57.6 Å². The van der Waals surface area contributed by atoms with Gasteiger partial charge in [-0.15, -0.1) is 0 Å². The number of hydrogen-bond acceptors (Lipinski definition) is 4. The van der Waals surface area contributed by atoms with Crippen LogP contribution in [0.15, 0.2) is 12.2 Å². The highest BCUT2D eigenvalue weighted by Crippen LogP contribution is 2.88. The molecule has 4 heteroatoms. The predicted molar refractivity (Wildman–Crippen MR) is 84.6 cm³/mol. The summed E-state index contributed by atoms with van der Waals surface area (Å²) >= 11 is 0. The first-order chi connectivity index (χ1) is 11.3. The number of allylic oxidation sites excluding steroid dienone is 1. The van der Waals surface area contributed by atoms with Crippen molar-refractivity contribution in [3.63, 3.8) is 0 Å². The fraction of sp³-hybridized carbons (Fsp3) is 0.800. The van der Waals surface area contributed by atoms with Crippen LogP contribution in [-0.4, -0.2) is 39.9 Å². The number of rotatable bonds is 0. The van der Waals surface area contributed by atoms with Crippen molar-refractivity contribution in [1.82, 2.24) is 4.90 Å². The van der Waals surface area contributed by atoms with Crippen LogP contribution in [0.25, 0.3) is 0 Å². The fourth-order valence-electron chi connectivity index (χ4n) is 10.1. The van der Waals surface area contributed by atoms with E-state index in [9.17, 15) is 14.7 Å². The van der Waals surface area contributed by atoms with Gasteiger partial charge in [0.15, 0.2) is 0 Å². The van der Waals surface area contributed by atoms with Gasteiger partial charge in [-0.05, 0) is 36.0 Å². The molecule has 3 aliphatic heterocycles. The van der Waals surface area contributed by atoms with Crippen LogP contribution in [0.2, 0.25) is 0 Å². The Morgan fingerprint density at radius 1 is 1.25 bits per heavy atom. The zero-order valence-electron chi connectivity index (χ0n) is 14.0. The maximum Gasteiger partial charge on any atom is 0.145 e. The molecule has 0 aromatic heterocycles. The Labute approximate surface area is 141 Å². The van der Waals surface area contributed by atoms with Crippen molar-refractivity contribution in [2.45, 2.75) is 50.8 Å². The lowest BCUT2D eigenvalue weighted by Crippen LogP contribution is -2.66. The number of Topliss-reactive ketones (excluding diaryl/α,β-unsaturated/α-hetero) is 2. The molecule has 9 rings (SSSR count). The van der Waals surface area contributed by atoms with Gasteiger partial charge in [0.1, 0.15) is 17.3 Å². The van der Waals surface area contributed by atoms with Crippen LogP contribution < -0.4 is 0 Å². The molecule has 3 saturated heterocycles. The molecule has 0 radical (unpaired) electrons. The van der Waals surface area contributed by atoms with Crippen LogP contribution in [0.3, 0.4) is 0 Å². The molecule has 3 heterocycles. The Hall–Kier alpha value is -1.00. The predicted octanol–water partition coefficient (Wildman–Crippen LogP) is 1.53. The van der Waals surface area contributed by atoms with Crippen LogP contribution in [-0.2, 0) is 9.59 Å². The van der Waals surface area contributed by atoms with E-state index >= 15 is 0 Å². The van der Waals surface area contributed by atoms with Gasteiger partial charge in [0, 0.05) is 48.6 Å². The summed E-state index contributed by atoms with van der Waals surface area (Å²) in [6.45, 7) is 7.24. The average Bonchev–Trinajstić information content (AvgIpc) is 2.80. The minimum absolute atomic E-state index is 0.0249. The molecule has 126 valence electrons. The molecule has 1 N–H and O–H groups in total. The number of fused-ring (bicyclic) bond motifs is 1. The van der Waals surface area contributed by atoms with Gasteiger partial charge in [-0.3, -0.25) is 14.5 Å². The Morgan fingerprint density at radius 2 is 2.04 bits per heavy atom. The van der Waals surface area contributed by atoms with E-state index in [0.29, 0.717) is 30.3 Å². The summed E-state index contributed by atoms with van der Waals surface area (Å²) in [7, 11) is 0. The highest BCUT2D eigenvalue weighted by Gasteiger charge is 2.92. The van der Waals surface area contributed by atoms with E-state index in [2.05, 4.69) is 18.4 Å². The second-order valence-corrected chi connectivity index (χ2v) is 10.5. The smallest absolute Gasteiger partial charge is 0.145 e. The van der Waals surface area contributed by atoms with Crippen molar-refractivity contribution in [3.8, 4) is 0 Å². The number of carbonyl (C=O) groups is 2. The second kappa shape index (κ2) is 3.09. The number of ketones is 2. The summed E-state index contributed by atoms with van der Waals surface area (Å²) in [4.78, 5) is 28.3. The van der Waals surface area contributed by atoms with Gasteiger partial charge in [0.2, 0.25) is 0 Å². The molecular weight excluding hydrogens is 302 g/mol. The zero-order chi connectivity index (χ0) is 16.4. The van der Waals surface area contributed by atoms with Gasteiger partial charge in [0.25, 0.3) is 0 Å². The number of carbonyl (C=O) groups excluding carboxylic acids is 2. The lowest BCUT2D eigenvalue weighted by Gasteiger charge is -2.63. The quantitative estimate of drug-likeness (QED) is 0.686. The SMILES string of the molecule is C=C1C[C@@]23C[C@@]4(O)[C@@H]5[C@@]6(C)CC(=O)C[C@@]57[C@@H]2C[C@@H]1C(=O)[C@@H]3[C@H]7N4C6.